The van der Waals surface area contributed by atoms with Crippen molar-refractivity contribution in [2.75, 3.05) is 24.3 Å². The lowest BCUT2D eigenvalue weighted by Crippen LogP contribution is -2.17. The van der Waals surface area contributed by atoms with Gasteiger partial charge in [-0.15, -0.1) is 0 Å². The minimum Gasteiger partial charge on any atom is -0.495 e. The summed E-state index contributed by atoms with van der Waals surface area (Å²) in [5.41, 5.74) is 3.95. The van der Waals surface area contributed by atoms with Crippen LogP contribution in [0.5, 0.6) is 5.75 Å². The molecule has 0 radical (unpaired) electrons. The van der Waals surface area contributed by atoms with Crippen molar-refractivity contribution in [3.63, 3.8) is 0 Å². The van der Waals surface area contributed by atoms with Gasteiger partial charge in [0.2, 0.25) is 5.91 Å². The third kappa shape index (κ3) is 4.99. The lowest BCUT2D eigenvalue weighted by molar-refractivity contribution is -0.116. The van der Waals surface area contributed by atoms with Crippen LogP contribution < -0.4 is 15.4 Å². The molecule has 0 saturated carbocycles. The second-order valence-corrected chi connectivity index (χ2v) is 6.30. The molecule has 0 atom stereocenters. The second kappa shape index (κ2) is 8.02. The molecule has 0 fully saturated rings. The minimum atomic E-state index is -0.0452. The number of hydrogen-bond acceptors (Lipinski definition) is 3. The monoisotopic (exact) mass is 376 g/mol. The summed E-state index contributed by atoms with van der Waals surface area (Å²) in [4.78, 5) is 12.1. The number of amides is 1. The Bertz CT molecular complexity index is 701. The first kappa shape index (κ1) is 17.3. The molecule has 0 bridgehead atoms. The van der Waals surface area contributed by atoms with Crippen LogP contribution in [0.25, 0.3) is 0 Å². The van der Waals surface area contributed by atoms with Crippen LogP contribution in [-0.4, -0.2) is 19.6 Å². The van der Waals surface area contributed by atoms with Gasteiger partial charge in [-0.2, -0.15) is 0 Å². The van der Waals surface area contributed by atoms with Gasteiger partial charge in [0.1, 0.15) is 5.75 Å². The lowest BCUT2D eigenvalue weighted by Gasteiger charge is -2.12. The number of carbonyl (C=O) groups excluding carboxylic acids is 1. The number of carbonyl (C=O) groups is 1. The van der Waals surface area contributed by atoms with Crippen LogP contribution in [0, 0.1) is 13.8 Å². The molecule has 5 heteroatoms. The van der Waals surface area contributed by atoms with Gasteiger partial charge in [-0.25, -0.2) is 0 Å². The number of hydrogen-bond donors (Lipinski definition) is 2. The van der Waals surface area contributed by atoms with E-state index in [-0.39, 0.29) is 5.91 Å². The summed E-state index contributed by atoms with van der Waals surface area (Å²) in [6, 6.07) is 11.7. The Balaban J connectivity index is 1.89. The van der Waals surface area contributed by atoms with Gasteiger partial charge in [0, 0.05) is 23.1 Å². The highest BCUT2D eigenvalue weighted by Gasteiger charge is 2.08. The number of aryl methyl sites for hydroxylation is 2. The SMILES string of the molecule is COc1ccc(C)cc1NC(=O)CCNc1ccc(Br)cc1C. The summed E-state index contributed by atoms with van der Waals surface area (Å²) < 4.78 is 6.31. The fourth-order valence-electron chi connectivity index (χ4n) is 2.27. The van der Waals surface area contributed by atoms with Crippen LogP contribution in [-0.2, 0) is 4.79 Å². The molecule has 2 N–H and O–H groups in total. The summed E-state index contributed by atoms with van der Waals surface area (Å²) in [5, 5.41) is 6.18. The fraction of sp³-hybridized carbons (Fsp3) is 0.278. The third-order valence-electron chi connectivity index (χ3n) is 3.49. The van der Waals surface area contributed by atoms with Crippen LogP contribution in [0.4, 0.5) is 11.4 Å². The number of nitrogens with one attached hydrogen (secondary N) is 2. The first-order valence-corrected chi connectivity index (χ1v) is 8.23. The van der Waals surface area contributed by atoms with Crippen molar-refractivity contribution < 1.29 is 9.53 Å². The zero-order valence-corrected chi connectivity index (χ0v) is 15.2. The summed E-state index contributed by atoms with van der Waals surface area (Å²) in [5.74, 6) is 0.622. The maximum absolute atomic E-state index is 12.1. The smallest absolute Gasteiger partial charge is 0.226 e. The van der Waals surface area contributed by atoms with E-state index in [9.17, 15) is 4.79 Å². The average Bonchev–Trinajstić information content (AvgIpc) is 2.50. The molecule has 0 aliphatic rings. The number of halogens is 1. The molecule has 0 heterocycles. The van der Waals surface area contributed by atoms with Crippen molar-refractivity contribution in [1.82, 2.24) is 0 Å². The van der Waals surface area contributed by atoms with E-state index in [1.54, 1.807) is 7.11 Å². The van der Waals surface area contributed by atoms with Gasteiger partial charge < -0.3 is 15.4 Å². The van der Waals surface area contributed by atoms with Crippen molar-refractivity contribution in [1.29, 1.82) is 0 Å². The number of ether oxygens (including phenoxy) is 1. The van der Waals surface area contributed by atoms with E-state index in [0.717, 1.165) is 21.3 Å². The average molecular weight is 377 g/mol. The molecule has 0 aliphatic heterocycles. The predicted molar refractivity (Wildman–Crippen MR) is 98.3 cm³/mol. The molecule has 2 aromatic rings. The summed E-state index contributed by atoms with van der Waals surface area (Å²) in [6.45, 7) is 4.58. The zero-order chi connectivity index (χ0) is 16.8. The van der Waals surface area contributed by atoms with Gasteiger partial charge in [-0.3, -0.25) is 4.79 Å². The molecule has 122 valence electrons. The van der Waals surface area contributed by atoms with Gasteiger partial charge >= 0.3 is 0 Å². The Morgan fingerprint density at radius 2 is 1.91 bits per heavy atom. The Hall–Kier alpha value is -2.01. The lowest BCUT2D eigenvalue weighted by atomic mass is 10.2. The quantitative estimate of drug-likeness (QED) is 0.779. The summed E-state index contributed by atoms with van der Waals surface area (Å²) in [7, 11) is 1.60. The molecule has 0 aromatic heterocycles. The predicted octanol–water partition coefficient (Wildman–Crippen LogP) is 4.52. The van der Waals surface area contributed by atoms with E-state index >= 15 is 0 Å². The Morgan fingerprint density at radius 3 is 2.61 bits per heavy atom. The Morgan fingerprint density at radius 1 is 1.13 bits per heavy atom. The van der Waals surface area contributed by atoms with Crippen LogP contribution in [0.2, 0.25) is 0 Å². The van der Waals surface area contributed by atoms with Crippen LogP contribution in [0.15, 0.2) is 40.9 Å². The minimum absolute atomic E-state index is 0.0452. The Kier molecular flexibility index (Phi) is 6.04. The molecule has 2 aromatic carbocycles. The molecule has 2 rings (SSSR count). The normalized spacial score (nSPS) is 10.3. The maximum atomic E-state index is 12.1. The van der Waals surface area contributed by atoms with Crippen LogP contribution in [0.3, 0.4) is 0 Å². The highest BCUT2D eigenvalue weighted by Crippen LogP contribution is 2.25. The second-order valence-electron chi connectivity index (χ2n) is 5.39. The topological polar surface area (TPSA) is 50.4 Å². The van der Waals surface area contributed by atoms with Crippen molar-refractivity contribution in [3.05, 3.63) is 52.0 Å². The molecule has 0 unspecified atom stereocenters. The number of methoxy groups -OCH3 is 1. The largest absolute Gasteiger partial charge is 0.495 e. The maximum Gasteiger partial charge on any atom is 0.226 e. The molecule has 0 saturated heterocycles. The molecule has 23 heavy (non-hydrogen) atoms. The zero-order valence-electron chi connectivity index (χ0n) is 13.6. The third-order valence-corrected chi connectivity index (χ3v) is 3.98. The van der Waals surface area contributed by atoms with E-state index in [1.165, 1.54) is 0 Å². The summed E-state index contributed by atoms with van der Waals surface area (Å²) >= 11 is 3.44. The number of rotatable bonds is 6. The van der Waals surface area contributed by atoms with Crippen molar-refractivity contribution in [2.24, 2.45) is 0 Å². The van der Waals surface area contributed by atoms with E-state index in [0.29, 0.717) is 24.4 Å². The van der Waals surface area contributed by atoms with Crippen molar-refractivity contribution >= 4 is 33.2 Å². The molecule has 4 nitrogen and oxygen atoms in total. The van der Waals surface area contributed by atoms with Gasteiger partial charge in [0.25, 0.3) is 0 Å². The molecule has 0 aliphatic carbocycles. The molecule has 0 spiro atoms. The van der Waals surface area contributed by atoms with Crippen LogP contribution >= 0.6 is 15.9 Å². The van der Waals surface area contributed by atoms with E-state index in [1.807, 2.05) is 50.2 Å². The first-order chi connectivity index (χ1) is 11.0. The fourth-order valence-corrected chi connectivity index (χ4v) is 2.74. The highest BCUT2D eigenvalue weighted by atomic mass is 79.9. The summed E-state index contributed by atoms with van der Waals surface area (Å²) in [6.07, 6.45) is 0.382. The first-order valence-electron chi connectivity index (χ1n) is 7.44. The molecule has 1 amide bonds. The number of benzene rings is 2. The highest BCUT2D eigenvalue weighted by molar-refractivity contribution is 9.10. The van der Waals surface area contributed by atoms with Crippen LogP contribution in [0.1, 0.15) is 17.5 Å². The molecular formula is C18H21BrN2O2. The standard InChI is InChI=1S/C18H21BrN2O2/c1-12-4-7-17(23-3)16(10-12)21-18(22)8-9-20-15-6-5-14(19)11-13(15)2/h4-7,10-11,20H,8-9H2,1-3H3,(H,21,22). The van der Waals surface area contributed by atoms with Gasteiger partial charge in [0.05, 0.1) is 12.8 Å². The van der Waals surface area contributed by atoms with E-state index in [2.05, 4.69) is 26.6 Å². The van der Waals surface area contributed by atoms with Crippen molar-refractivity contribution in [2.45, 2.75) is 20.3 Å². The molecular weight excluding hydrogens is 356 g/mol. The van der Waals surface area contributed by atoms with Gasteiger partial charge in [-0.05, 0) is 55.3 Å². The van der Waals surface area contributed by atoms with Crippen molar-refractivity contribution in [3.8, 4) is 5.75 Å². The van der Waals surface area contributed by atoms with Gasteiger partial charge in [0.15, 0.2) is 0 Å². The van der Waals surface area contributed by atoms with E-state index < -0.39 is 0 Å². The van der Waals surface area contributed by atoms with Gasteiger partial charge in [-0.1, -0.05) is 22.0 Å². The Labute approximate surface area is 145 Å². The van der Waals surface area contributed by atoms with E-state index in [4.69, 9.17) is 4.74 Å². The number of anilines is 2.